The summed E-state index contributed by atoms with van der Waals surface area (Å²) in [5, 5.41) is 28.0. The van der Waals surface area contributed by atoms with Crippen molar-refractivity contribution in [3.63, 3.8) is 0 Å². The zero-order chi connectivity index (χ0) is 26.7. The lowest BCUT2D eigenvalue weighted by Gasteiger charge is -2.23. The summed E-state index contributed by atoms with van der Waals surface area (Å²) in [6, 6.07) is 24.4. The number of aliphatic hydroxyl groups is 1. The number of nitrogens with zero attached hydrogens (tertiary/aromatic N) is 4. The fraction of sp³-hybridized carbons (Fsp3) is 0.267. The molecule has 192 valence electrons. The normalized spacial score (nSPS) is 16.7. The van der Waals surface area contributed by atoms with Crippen molar-refractivity contribution in [3.05, 3.63) is 95.4 Å². The van der Waals surface area contributed by atoms with Gasteiger partial charge in [-0.15, -0.1) is 10.2 Å². The van der Waals surface area contributed by atoms with Crippen molar-refractivity contribution in [2.45, 2.75) is 37.8 Å². The van der Waals surface area contributed by atoms with Gasteiger partial charge in [-0.05, 0) is 67.1 Å². The van der Waals surface area contributed by atoms with Gasteiger partial charge in [0.1, 0.15) is 0 Å². The summed E-state index contributed by atoms with van der Waals surface area (Å²) in [6.45, 7) is 2.33. The molecule has 2 heterocycles. The maximum Gasteiger partial charge on any atom is 0.254 e. The van der Waals surface area contributed by atoms with Crippen LogP contribution in [0.4, 0.5) is 0 Å². The molecule has 1 aliphatic heterocycles. The van der Waals surface area contributed by atoms with E-state index in [1.54, 1.807) is 29.2 Å². The molecule has 0 saturated carbocycles. The number of nitriles is 1. The van der Waals surface area contributed by atoms with Crippen LogP contribution in [0.25, 0.3) is 22.6 Å². The van der Waals surface area contributed by atoms with E-state index in [1.807, 2.05) is 55.5 Å². The highest BCUT2D eigenvalue weighted by atomic mass is 16.4. The quantitative estimate of drug-likeness (QED) is 0.382. The van der Waals surface area contributed by atoms with Gasteiger partial charge in [0.15, 0.2) is 0 Å². The maximum atomic E-state index is 13.6. The molecule has 0 aliphatic carbocycles. The summed E-state index contributed by atoms with van der Waals surface area (Å²) in [5.41, 5.74) is 9.57. The van der Waals surface area contributed by atoms with Gasteiger partial charge in [0, 0.05) is 17.7 Å². The lowest BCUT2D eigenvalue weighted by atomic mass is 9.94. The molecule has 1 aromatic heterocycles. The smallest absolute Gasteiger partial charge is 0.254 e. The van der Waals surface area contributed by atoms with E-state index in [4.69, 9.17) is 10.2 Å². The first-order valence-electron chi connectivity index (χ1n) is 12.6. The minimum absolute atomic E-state index is 0.0843. The molecule has 1 saturated heterocycles. The highest BCUT2D eigenvalue weighted by Crippen LogP contribution is 2.32. The van der Waals surface area contributed by atoms with Gasteiger partial charge in [0.25, 0.3) is 5.91 Å². The Hall–Kier alpha value is -4.32. The molecule has 3 N–H and O–H groups in total. The number of rotatable bonds is 7. The first-order chi connectivity index (χ1) is 18.4. The molecule has 38 heavy (non-hydrogen) atoms. The van der Waals surface area contributed by atoms with Crippen LogP contribution >= 0.6 is 0 Å². The molecule has 1 unspecified atom stereocenters. The molecular formula is C30H29N5O3. The summed E-state index contributed by atoms with van der Waals surface area (Å²) in [7, 11) is 0. The van der Waals surface area contributed by atoms with Gasteiger partial charge in [0.05, 0.1) is 29.8 Å². The van der Waals surface area contributed by atoms with E-state index in [1.165, 1.54) is 0 Å². The van der Waals surface area contributed by atoms with E-state index < -0.39 is 5.54 Å². The van der Waals surface area contributed by atoms with Crippen molar-refractivity contribution in [2.75, 3.05) is 13.2 Å². The van der Waals surface area contributed by atoms with Crippen molar-refractivity contribution in [2.24, 2.45) is 5.73 Å². The average Bonchev–Trinajstić information content (AvgIpc) is 3.63. The first kappa shape index (κ1) is 25.3. The van der Waals surface area contributed by atoms with Gasteiger partial charge in [-0.25, -0.2) is 0 Å². The summed E-state index contributed by atoms with van der Waals surface area (Å²) >= 11 is 0. The molecule has 4 aromatic rings. The Morgan fingerprint density at radius 2 is 1.87 bits per heavy atom. The van der Waals surface area contributed by atoms with Crippen molar-refractivity contribution in [3.8, 4) is 28.7 Å². The van der Waals surface area contributed by atoms with Crippen LogP contribution in [0.3, 0.4) is 0 Å². The molecule has 1 fully saturated rings. The minimum Gasteiger partial charge on any atom is -0.419 e. The van der Waals surface area contributed by atoms with Crippen LogP contribution in [0, 0.1) is 11.3 Å². The number of aliphatic hydroxyl groups excluding tert-OH is 1. The van der Waals surface area contributed by atoms with E-state index in [0.29, 0.717) is 40.8 Å². The van der Waals surface area contributed by atoms with Crippen LogP contribution in [0.15, 0.2) is 77.2 Å². The predicted octanol–water partition coefficient (Wildman–Crippen LogP) is 4.29. The molecule has 5 rings (SSSR count). The number of benzene rings is 3. The molecule has 0 spiro atoms. The standard InChI is InChI=1S/C30H29N5O3/c1-30(32,17-20-8-3-2-4-9-20)29-34-33-27(38-29)23-14-22(26-12-6-5-10-21(26)18-31)15-24(16-23)28(37)35-13-7-11-25(35)19-36/h2-6,8-10,12,14-16,25,36H,7,11,13,17,19,32H2,1H3/t25?,30-/m1/s1. The Labute approximate surface area is 221 Å². The lowest BCUT2D eigenvalue weighted by Crippen LogP contribution is -2.37. The number of aromatic nitrogens is 2. The van der Waals surface area contributed by atoms with E-state index in [0.717, 1.165) is 18.4 Å². The molecule has 2 atom stereocenters. The lowest BCUT2D eigenvalue weighted by molar-refractivity contribution is 0.0677. The van der Waals surface area contributed by atoms with Crippen molar-refractivity contribution >= 4 is 5.91 Å². The highest BCUT2D eigenvalue weighted by Gasteiger charge is 2.31. The van der Waals surface area contributed by atoms with E-state index in [2.05, 4.69) is 16.3 Å². The fourth-order valence-electron chi connectivity index (χ4n) is 4.99. The second-order valence-corrected chi connectivity index (χ2v) is 9.93. The summed E-state index contributed by atoms with van der Waals surface area (Å²) in [5.74, 6) is 0.328. The molecule has 8 heteroatoms. The number of hydrogen-bond acceptors (Lipinski definition) is 7. The Balaban J connectivity index is 1.56. The average molecular weight is 508 g/mol. The summed E-state index contributed by atoms with van der Waals surface area (Å²) in [6.07, 6.45) is 2.10. The molecule has 1 amide bonds. The van der Waals surface area contributed by atoms with E-state index >= 15 is 0 Å². The Morgan fingerprint density at radius 3 is 2.63 bits per heavy atom. The minimum atomic E-state index is -0.903. The van der Waals surface area contributed by atoms with Gasteiger partial charge < -0.3 is 20.2 Å². The Kier molecular flexibility index (Phi) is 7.05. The van der Waals surface area contributed by atoms with Crippen LogP contribution in [0.1, 0.15) is 47.1 Å². The van der Waals surface area contributed by atoms with Crippen LogP contribution in [-0.4, -0.2) is 45.3 Å². The molecule has 8 nitrogen and oxygen atoms in total. The fourth-order valence-corrected chi connectivity index (χ4v) is 4.99. The van der Waals surface area contributed by atoms with Crippen LogP contribution in [0.2, 0.25) is 0 Å². The van der Waals surface area contributed by atoms with Gasteiger partial charge in [-0.2, -0.15) is 5.26 Å². The van der Waals surface area contributed by atoms with Crippen molar-refractivity contribution < 1.29 is 14.3 Å². The molecule has 0 radical (unpaired) electrons. The molecule has 3 aromatic carbocycles. The monoisotopic (exact) mass is 507 g/mol. The summed E-state index contributed by atoms with van der Waals surface area (Å²) < 4.78 is 6.08. The largest absolute Gasteiger partial charge is 0.419 e. The van der Waals surface area contributed by atoms with Gasteiger partial charge in [-0.3, -0.25) is 4.79 Å². The third-order valence-corrected chi connectivity index (χ3v) is 6.96. The van der Waals surface area contributed by atoms with E-state index in [-0.39, 0.29) is 30.3 Å². The van der Waals surface area contributed by atoms with Crippen molar-refractivity contribution in [1.82, 2.24) is 15.1 Å². The van der Waals surface area contributed by atoms with Crippen LogP contribution in [0.5, 0.6) is 0 Å². The topological polar surface area (TPSA) is 129 Å². The SMILES string of the molecule is C[C@@](N)(Cc1ccccc1)c1nnc(-c2cc(C(=O)N3CCCC3CO)cc(-c3ccccc3C#N)c2)o1. The third-order valence-electron chi connectivity index (χ3n) is 6.96. The Bertz CT molecular complexity index is 1490. The molecular weight excluding hydrogens is 478 g/mol. The second kappa shape index (κ2) is 10.6. The second-order valence-electron chi connectivity index (χ2n) is 9.93. The third kappa shape index (κ3) is 5.07. The zero-order valence-corrected chi connectivity index (χ0v) is 21.2. The van der Waals surface area contributed by atoms with Crippen molar-refractivity contribution in [1.29, 1.82) is 5.26 Å². The summed E-state index contributed by atoms with van der Waals surface area (Å²) in [4.78, 5) is 15.3. The molecule has 1 aliphatic rings. The van der Waals surface area contributed by atoms with Gasteiger partial charge in [0.2, 0.25) is 11.8 Å². The number of hydrogen-bond donors (Lipinski definition) is 2. The first-order valence-corrected chi connectivity index (χ1v) is 12.6. The van der Waals surface area contributed by atoms with Crippen LogP contribution < -0.4 is 5.73 Å². The number of amides is 1. The van der Waals surface area contributed by atoms with E-state index in [9.17, 15) is 15.2 Å². The number of likely N-dealkylation sites (tertiary alicyclic amines) is 1. The number of nitrogens with two attached hydrogens (primary N) is 1. The molecule has 0 bridgehead atoms. The highest BCUT2D eigenvalue weighted by molar-refractivity contribution is 5.97. The van der Waals surface area contributed by atoms with Crippen LogP contribution in [-0.2, 0) is 12.0 Å². The predicted molar refractivity (Wildman–Crippen MR) is 143 cm³/mol. The van der Waals surface area contributed by atoms with Gasteiger partial charge >= 0.3 is 0 Å². The van der Waals surface area contributed by atoms with Gasteiger partial charge in [-0.1, -0.05) is 48.5 Å². The zero-order valence-electron chi connectivity index (χ0n) is 21.2. The Morgan fingerprint density at radius 1 is 1.13 bits per heavy atom. The number of carbonyl (C=O) groups excluding carboxylic acids is 1. The number of carbonyl (C=O) groups is 1. The maximum absolute atomic E-state index is 13.6.